The molecule has 0 saturated heterocycles. The van der Waals surface area contributed by atoms with Gasteiger partial charge < -0.3 is 10.5 Å². The highest BCUT2D eigenvalue weighted by atomic mass is 16.5. The van der Waals surface area contributed by atoms with Crippen LogP contribution >= 0.6 is 0 Å². The average molecular weight is 165 g/mol. The molecule has 0 saturated carbocycles. The Kier molecular flexibility index (Phi) is 3.11. The van der Waals surface area contributed by atoms with E-state index < -0.39 is 0 Å². The van der Waals surface area contributed by atoms with Gasteiger partial charge in [0.1, 0.15) is 0 Å². The molecule has 0 aromatic heterocycles. The maximum atomic E-state index is 5.56. The molecule has 1 aromatic carbocycles. The zero-order chi connectivity index (χ0) is 8.97. The highest BCUT2D eigenvalue weighted by Gasteiger charge is 2.02. The van der Waals surface area contributed by atoms with Gasteiger partial charge in [0.2, 0.25) is 0 Å². The Hall–Kier alpha value is -1.02. The van der Waals surface area contributed by atoms with Crippen molar-refractivity contribution in [1.29, 1.82) is 0 Å². The van der Waals surface area contributed by atoms with E-state index in [1.807, 2.05) is 38.1 Å². The highest BCUT2D eigenvalue weighted by molar-refractivity contribution is 5.39. The Morgan fingerprint density at radius 1 is 1.33 bits per heavy atom. The lowest BCUT2D eigenvalue weighted by molar-refractivity contribution is 0.0764. The van der Waals surface area contributed by atoms with Crippen molar-refractivity contribution in [2.75, 3.05) is 12.3 Å². The molecule has 0 aliphatic heterocycles. The van der Waals surface area contributed by atoms with Crippen LogP contribution in [0.3, 0.4) is 0 Å². The maximum absolute atomic E-state index is 5.56. The standard InChI is InChI=1S/C10H15NO/c1-3-12-8(2)9-4-6-10(11)7-5-9/h4-8H,3,11H2,1-2H3. The molecule has 0 aliphatic carbocycles. The first-order valence-corrected chi connectivity index (χ1v) is 4.21. The molecule has 12 heavy (non-hydrogen) atoms. The van der Waals surface area contributed by atoms with Gasteiger partial charge in [0.15, 0.2) is 0 Å². The van der Waals surface area contributed by atoms with Crippen LogP contribution in [0.25, 0.3) is 0 Å². The van der Waals surface area contributed by atoms with Crippen molar-refractivity contribution in [3.8, 4) is 0 Å². The summed E-state index contributed by atoms with van der Waals surface area (Å²) in [5.74, 6) is 0. The SMILES string of the molecule is CCOC(C)c1ccc(N)cc1. The van der Waals surface area contributed by atoms with Crippen molar-refractivity contribution in [2.45, 2.75) is 20.0 Å². The lowest BCUT2D eigenvalue weighted by Crippen LogP contribution is -1.99. The van der Waals surface area contributed by atoms with Gasteiger partial charge in [0.25, 0.3) is 0 Å². The normalized spacial score (nSPS) is 12.8. The molecule has 0 spiro atoms. The number of nitrogens with two attached hydrogens (primary N) is 1. The molecule has 0 bridgehead atoms. The van der Waals surface area contributed by atoms with Gasteiger partial charge in [0, 0.05) is 12.3 Å². The Bertz CT molecular complexity index is 230. The van der Waals surface area contributed by atoms with Gasteiger partial charge in [-0.15, -0.1) is 0 Å². The van der Waals surface area contributed by atoms with Crippen molar-refractivity contribution >= 4 is 5.69 Å². The van der Waals surface area contributed by atoms with E-state index in [2.05, 4.69) is 0 Å². The van der Waals surface area contributed by atoms with E-state index in [9.17, 15) is 0 Å². The summed E-state index contributed by atoms with van der Waals surface area (Å²) in [6.45, 7) is 4.77. The van der Waals surface area contributed by atoms with Crippen molar-refractivity contribution < 1.29 is 4.74 Å². The van der Waals surface area contributed by atoms with Crippen LogP contribution in [0.4, 0.5) is 5.69 Å². The van der Waals surface area contributed by atoms with Crippen LogP contribution in [0.1, 0.15) is 25.5 Å². The van der Waals surface area contributed by atoms with Crippen molar-refractivity contribution in [2.24, 2.45) is 0 Å². The van der Waals surface area contributed by atoms with E-state index in [-0.39, 0.29) is 6.10 Å². The molecule has 0 aliphatic rings. The number of hydrogen-bond acceptors (Lipinski definition) is 2. The van der Waals surface area contributed by atoms with E-state index in [4.69, 9.17) is 10.5 Å². The molecule has 0 radical (unpaired) electrons. The summed E-state index contributed by atoms with van der Waals surface area (Å²) in [7, 11) is 0. The van der Waals surface area contributed by atoms with Crippen LogP contribution in [-0.4, -0.2) is 6.61 Å². The molecule has 2 heteroatoms. The Morgan fingerprint density at radius 2 is 1.92 bits per heavy atom. The summed E-state index contributed by atoms with van der Waals surface area (Å²) in [4.78, 5) is 0. The zero-order valence-corrected chi connectivity index (χ0v) is 7.58. The third-order valence-electron chi connectivity index (χ3n) is 1.82. The first kappa shape index (κ1) is 9.07. The topological polar surface area (TPSA) is 35.2 Å². The number of anilines is 1. The lowest BCUT2D eigenvalue weighted by Gasteiger charge is -2.11. The van der Waals surface area contributed by atoms with Crippen molar-refractivity contribution in [3.63, 3.8) is 0 Å². The van der Waals surface area contributed by atoms with E-state index >= 15 is 0 Å². The molecule has 0 amide bonds. The molecule has 2 nitrogen and oxygen atoms in total. The molecule has 1 unspecified atom stereocenters. The van der Waals surface area contributed by atoms with Gasteiger partial charge >= 0.3 is 0 Å². The van der Waals surface area contributed by atoms with E-state index in [0.29, 0.717) is 0 Å². The third-order valence-corrected chi connectivity index (χ3v) is 1.82. The average Bonchev–Trinajstić information content (AvgIpc) is 2.06. The summed E-state index contributed by atoms with van der Waals surface area (Å²) in [5.41, 5.74) is 7.53. The molecular formula is C10H15NO. The predicted molar refractivity (Wildman–Crippen MR) is 50.9 cm³/mol. The summed E-state index contributed by atoms with van der Waals surface area (Å²) < 4.78 is 5.43. The van der Waals surface area contributed by atoms with E-state index in [0.717, 1.165) is 12.3 Å². The fraction of sp³-hybridized carbons (Fsp3) is 0.400. The second kappa shape index (κ2) is 4.12. The number of ether oxygens (including phenoxy) is 1. The molecule has 1 rings (SSSR count). The van der Waals surface area contributed by atoms with Gasteiger partial charge in [-0.05, 0) is 31.5 Å². The smallest absolute Gasteiger partial charge is 0.0796 e. The molecule has 0 fully saturated rings. The number of benzene rings is 1. The monoisotopic (exact) mass is 165 g/mol. The van der Waals surface area contributed by atoms with Gasteiger partial charge in [-0.2, -0.15) is 0 Å². The van der Waals surface area contributed by atoms with Gasteiger partial charge in [-0.3, -0.25) is 0 Å². The van der Waals surface area contributed by atoms with Gasteiger partial charge in [-0.1, -0.05) is 12.1 Å². The minimum Gasteiger partial charge on any atom is -0.399 e. The minimum absolute atomic E-state index is 0.163. The Morgan fingerprint density at radius 3 is 2.42 bits per heavy atom. The largest absolute Gasteiger partial charge is 0.399 e. The maximum Gasteiger partial charge on any atom is 0.0796 e. The van der Waals surface area contributed by atoms with Gasteiger partial charge in [0.05, 0.1) is 6.10 Å². The highest BCUT2D eigenvalue weighted by Crippen LogP contribution is 2.17. The number of rotatable bonds is 3. The van der Waals surface area contributed by atoms with Crippen LogP contribution in [0.15, 0.2) is 24.3 Å². The van der Waals surface area contributed by atoms with Crippen molar-refractivity contribution in [3.05, 3.63) is 29.8 Å². The van der Waals surface area contributed by atoms with E-state index in [1.165, 1.54) is 5.56 Å². The molecular weight excluding hydrogens is 150 g/mol. The number of hydrogen-bond donors (Lipinski definition) is 1. The molecule has 66 valence electrons. The lowest BCUT2D eigenvalue weighted by atomic mass is 10.1. The minimum atomic E-state index is 0.163. The first-order valence-electron chi connectivity index (χ1n) is 4.21. The first-order chi connectivity index (χ1) is 5.74. The second-order valence-corrected chi connectivity index (χ2v) is 2.76. The Labute approximate surface area is 73.3 Å². The number of nitrogen functional groups attached to an aromatic ring is 1. The van der Waals surface area contributed by atoms with E-state index in [1.54, 1.807) is 0 Å². The summed E-state index contributed by atoms with van der Waals surface area (Å²) in [6.07, 6.45) is 0.163. The van der Waals surface area contributed by atoms with Crippen molar-refractivity contribution in [1.82, 2.24) is 0 Å². The van der Waals surface area contributed by atoms with Crippen LogP contribution < -0.4 is 5.73 Å². The second-order valence-electron chi connectivity index (χ2n) is 2.76. The van der Waals surface area contributed by atoms with Crippen LogP contribution in [-0.2, 0) is 4.74 Å². The Balaban J connectivity index is 2.68. The third kappa shape index (κ3) is 2.24. The summed E-state index contributed by atoms with van der Waals surface area (Å²) in [6, 6.07) is 7.78. The quantitative estimate of drug-likeness (QED) is 0.698. The zero-order valence-electron chi connectivity index (χ0n) is 7.58. The fourth-order valence-corrected chi connectivity index (χ4v) is 1.11. The van der Waals surface area contributed by atoms with Crippen LogP contribution in [0, 0.1) is 0 Å². The van der Waals surface area contributed by atoms with Gasteiger partial charge in [-0.25, -0.2) is 0 Å². The summed E-state index contributed by atoms with van der Waals surface area (Å²) in [5, 5.41) is 0. The predicted octanol–water partition coefficient (Wildman–Crippen LogP) is 2.37. The van der Waals surface area contributed by atoms with Crippen LogP contribution in [0.2, 0.25) is 0 Å². The summed E-state index contributed by atoms with van der Waals surface area (Å²) >= 11 is 0. The molecule has 1 atom stereocenters. The fourth-order valence-electron chi connectivity index (χ4n) is 1.11. The molecule has 0 heterocycles. The molecule has 1 aromatic rings. The van der Waals surface area contributed by atoms with Crippen LogP contribution in [0.5, 0.6) is 0 Å². The molecule has 2 N–H and O–H groups in total.